The van der Waals surface area contributed by atoms with Crippen LogP contribution < -0.4 is 28.4 Å². The molecule has 7 aromatic rings. The van der Waals surface area contributed by atoms with Gasteiger partial charge in [0, 0.05) is 19.2 Å². The van der Waals surface area contributed by atoms with Crippen molar-refractivity contribution in [1.29, 1.82) is 0 Å². The molecule has 0 amide bonds. The molecule has 7 aromatic carbocycles. The summed E-state index contributed by atoms with van der Waals surface area (Å²) in [4.78, 5) is 36.2. The maximum atomic E-state index is 12.2. The normalized spacial score (nSPS) is 12.2. The average molecular weight is 1120 g/mol. The maximum Gasteiger partial charge on any atom is 0.338 e. The zero-order valence-corrected chi connectivity index (χ0v) is 43.7. The van der Waals surface area contributed by atoms with Gasteiger partial charge in [0.05, 0.1) is 23.3 Å². The molecule has 4 unspecified atom stereocenters. The van der Waals surface area contributed by atoms with Crippen LogP contribution >= 0.6 is 0 Å². The van der Waals surface area contributed by atoms with Crippen molar-refractivity contribution in [3.8, 4) is 74.7 Å². The van der Waals surface area contributed by atoms with Crippen LogP contribution in [0.4, 0.5) is 0 Å². The molecule has 0 saturated carbocycles. The summed E-state index contributed by atoms with van der Waals surface area (Å²) in [5, 5.41) is 87.3. The van der Waals surface area contributed by atoms with Gasteiger partial charge in [-0.2, -0.15) is 0 Å². The quantitative estimate of drug-likeness (QED) is 0.0185. The SMILES string of the molecule is COCC(O)COc1ccc(Oc2ccc(OCC(O)COC(=O)c3cc(O)cc(O)c3)cc2)cc1.Cc1cc(O)cc(C(=O)OCC(O)COc2ccc(Oc3ccc(OCC(O)COC(=O)c4cc(O)cc(O)c4)cc3)cc2)c1. The van der Waals surface area contributed by atoms with E-state index >= 15 is 0 Å². The van der Waals surface area contributed by atoms with Gasteiger partial charge in [-0.3, -0.25) is 0 Å². The van der Waals surface area contributed by atoms with Gasteiger partial charge in [0.2, 0.25) is 0 Å². The van der Waals surface area contributed by atoms with Gasteiger partial charge in [0.1, 0.15) is 145 Å². The summed E-state index contributed by atoms with van der Waals surface area (Å²) in [5.74, 6) is 0.668. The van der Waals surface area contributed by atoms with Crippen LogP contribution in [0, 0.1) is 6.92 Å². The van der Waals surface area contributed by atoms with Crippen molar-refractivity contribution >= 4 is 17.9 Å². The van der Waals surface area contributed by atoms with Gasteiger partial charge in [-0.25, -0.2) is 14.4 Å². The number of hydrogen-bond acceptors (Lipinski definition) is 22. The Morgan fingerprint density at radius 1 is 0.333 bits per heavy atom. The van der Waals surface area contributed by atoms with Crippen molar-refractivity contribution in [2.24, 2.45) is 0 Å². The summed E-state index contributed by atoms with van der Waals surface area (Å²) in [6.45, 7) is 0.673. The molecule has 9 N–H and O–H groups in total. The number of methoxy groups -OCH3 is 1. The molecule has 0 radical (unpaired) electrons. The largest absolute Gasteiger partial charge is 0.508 e. The Balaban J connectivity index is 0.000000268. The van der Waals surface area contributed by atoms with E-state index < -0.39 is 42.3 Å². The Morgan fingerprint density at radius 3 is 0.827 bits per heavy atom. The predicted octanol–water partition coefficient (Wildman–Crippen LogP) is 6.97. The highest BCUT2D eigenvalue weighted by molar-refractivity contribution is 5.91. The van der Waals surface area contributed by atoms with Gasteiger partial charge < -0.3 is 93.3 Å². The van der Waals surface area contributed by atoms with E-state index in [-0.39, 0.29) is 98.3 Å². The number of aliphatic hydroxyl groups excluding tert-OH is 4. The molecule has 0 aliphatic rings. The number of carbonyl (C=O) groups excluding carboxylic acids is 3. The number of aryl methyl sites for hydroxylation is 1. The third kappa shape index (κ3) is 21.4. The molecule has 7 rings (SSSR count). The third-order valence-electron chi connectivity index (χ3n) is 10.7. The van der Waals surface area contributed by atoms with Gasteiger partial charge in [-0.05, 0) is 152 Å². The second-order valence-electron chi connectivity index (χ2n) is 17.7. The van der Waals surface area contributed by atoms with Gasteiger partial charge >= 0.3 is 17.9 Å². The molecular formula is C59H60O22. The molecule has 0 fully saturated rings. The van der Waals surface area contributed by atoms with Crippen molar-refractivity contribution in [3.05, 3.63) is 174 Å². The Bertz CT molecular complexity index is 2920. The molecule has 22 heteroatoms. The zero-order valence-electron chi connectivity index (χ0n) is 43.7. The smallest absolute Gasteiger partial charge is 0.338 e. The Hall–Kier alpha value is -9.45. The van der Waals surface area contributed by atoms with Gasteiger partial charge in [-0.15, -0.1) is 0 Å². The highest BCUT2D eigenvalue weighted by Crippen LogP contribution is 2.29. The number of aliphatic hydroxyl groups is 4. The molecule has 0 heterocycles. The highest BCUT2D eigenvalue weighted by atomic mass is 16.6. The first-order chi connectivity index (χ1) is 38.8. The summed E-state index contributed by atoms with van der Waals surface area (Å²) in [7, 11) is 1.51. The summed E-state index contributed by atoms with van der Waals surface area (Å²) in [6, 6.07) is 38.0. The number of benzene rings is 7. The molecule has 0 saturated heterocycles. The number of hydrogen-bond donors (Lipinski definition) is 9. The second-order valence-corrected chi connectivity index (χ2v) is 17.7. The fraction of sp³-hybridized carbons (Fsp3) is 0.237. The third-order valence-corrected chi connectivity index (χ3v) is 10.7. The van der Waals surface area contributed by atoms with E-state index in [2.05, 4.69) is 0 Å². The van der Waals surface area contributed by atoms with E-state index in [1.165, 1.54) is 19.2 Å². The Kier molecular flexibility index (Phi) is 23.0. The van der Waals surface area contributed by atoms with Crippen LogP contribution in [-0.4, -0.2) is 148 Å². The van der Waals surface area contributed by atoms with E-state index in [1.807, 2.05) is 0 Å². The fourth-order valence-corrected chi connectivity index (χ4v) is 6.91. The van der Waals surface area contributed by atoms with Crippen LogP contribution in [0.15, 0.2) is 152 Å². The van der Waals surface area contributed by atoms with Gasteiger partial charge in [0.25, 0.3) is 0 Å². The molecule has 81 heavy (non-hydrogen) atoms. The number of carbonyl (C=O) groups is 3. The summed E-state index contributed by atoms with van der Waals surface area (Å²) < 4.78 is 53.6. The van der Waals surface area contributed by atoms with E-state index in [0.29, 0.717) is 51.6 Å². The molecular weight excluding hydrogens is 1060 g/mol. The molecule has 4 atom stereocenters. The molecule has 0 aliphatic carbocycles. The summed E-state index contributed by atoms with van der Waals surface area (Å²) in [6.07, 6.45) is -3.99. The number of ether oxygens (including phenoxy) is 10. The minimum atomic E-state index is -1.12. The lowest BCUT2D eigenvalue weighted by molar-refractivity contribution is 0.0127. The number of aromatic hydroxyl groups is 5. The van der Waals surface area contributed by atoms with Crippen molar-refractivity contribution in [1.82, 2.24) is 0 Å². The van der Waals surface area contributed by atoms with Crippen LogP contribution in [-0.2, 0) is 18.9 Å². The molecule has 0 aromatic heterocycles. The van der Waals surface area contributed by atoms with E-state index in [9.17, 15) is 60.3 Å². The average Bonchev–Trinajstić information content (AvgIpc) is 3.45. The van der Waals surface area contributed by atoms with E-state index in [0.717, 1.165) is 36.4 Å². The molecule has 0 spiro atoms. The predicted molar refractivity (Wildman–Crippen MR) is 287 cm³/mol. The number of phenolic OH excluding ortho intramolecular Hbond substituents is 5. The maximum absolute atomic E-state index is 12.2. The lowest BCUT2D eigenvalue weighted by Crippen LogP contribution is -2.25. The molecule has 22 nitrogen and oxygen atoms in total. The number of esters is 3. The van der Waals surface area contributed by atoms with Crippen LogP contribution in [0.25, 0.3) is 0 Å². The van der Waals surface area contributed by atoms with E-state index in [1.54, 1.807) is 110 Å². The lowest BCUT2D eigenvalue weighted by atomic mass is 10.1. The first kappa shape index (κ1) is 60.8. The molecule has 0 aliphatic heterocycles. The zero-order chi connectivity index (χ0) is 58.3. The molecule has 428 valence electrons. The Labute approximate surface area is 464 Å². The van der Waals surface area contributed by atoms with Crippen molar-refractivity contribution in [3.63, 3.8) is 0 Å². The molecule has 0 bridgehead atoms. The monoisotopic (exact) mass is 1120 g/mol. The van der Waals surface area contributed by atoms with Gasteiger partial charge in [-0.1, -0.05) is 0 Å². The van der Waals surface area contributed by atoms with Crippen LogP contribution in [0.5, 0.6) is 74.7 Å². The van der Waals surface area contributed by atoms with Crippen LogP contribution in [0.1, 0.15) is 36.6 Å². The minimum absolute atomic E-state index is 0.0424. The summed E-state index contributed by atoms with van der Waals surface area (Å²) in [5.41, 5.74) is 0.782. The van der Waals surface area contributed by atoms with Crippen molar-refractivity contribution in [2.45, 2.75) is 31.3 Å². The van der Waals surface area contributed by atoms with Gasteiger partial charge in [0.15, 0.2) is 0 Å². The van der Waals surface area contributed by atoms with Crippen molar-refractivity contribution in [2.75, 3.05) is 60.0 Å². The van der Waals surface area contributed by atoms with Crippen LogP contribution in [0.3, 0.4) is 0 Å². The van der Waals surface area contributed by atoms with Crippen molar-refractivity contribution < 1.29 is 108 Å². The Morgan fingerprint density at radius 2 is 0.568 bits per heavy atom. The topological polar surface area (TPSA) is 326 Å². The lowest BCUT2D eigenvalue weighted by Gasteiger charge is -2.14. The first-order valence-electron chi connectivity index (χ1n) is 24.7. The highest BCUT2D eigenvalue weighted by Gasteiger charge is 2.17. The fourth-order valence-electron chi connectivity index (χ4n) is 6.91. The minimum Gasteiger partial charge on any atom is -0.508 e. The standard InChI is InChI=1S/C33H32O12.C26H28O10/c1-20-10-21(12-23(34)11-20)32(39)43-18-26(37)16-41-28-2-6-30(7-3-28)45-31-8-4-29(5-9-31)42-17-27(38)19-44-33(40)22-13-24(35)15-25(36)14-22;1-32-13-20(29)14-33-22-2-6-24(7-3-22)36-25-8-4-23(5-9-25)34-15-21(30)16-35-26(31)17-10-18(27)12-19(28)11-17/h2-15,26-27,34-38H,16-19H2,1H3;2-12,20-21,27-30H,13-16H2,1H3. The first-order valence-corrected chi connectivity index (χ1v) is 24.7. The van der Waals surface area contributed by atoms with E-state index in [4.69, 9.17) is 47.4 Å². The second kappa shape index (κ2) is 30.6. The number of rotatable bonds is 27. The van der Waals surface area contributed by atoms with Crippen LogP contribution in [0.2, 0.25) is 0 Å². The summed E-state index contributed by atoms with van der Waals surface area (Å²) >= 11 is 0. The number of phenols is 5.